The van der Waals surface area contributed by atoms with Crippen LogP contribution in [0.5, 0.6) is 11.5 Å². The summed E-state index contributed by atoms with van der Waals surface area (Å²) in [6, 6.07) is 19.8. The highest BCUT2D eigenvalue weighted by Gasteiger charge is 2.60. The van der Waals surface area contributed by atoms with Gasteiger partial charge in [-0.05, 0) is 67.4 Å². The number of carbonyl (C=O) groups is 3. The van der Waals surface area contributed by atoms with Crippen LogP contribution in [0.4, 0.5) is 11.4 Å². The molecule has 3 aromatic carbocycles. The van der Waals surface area contributed by atoms with Crippen molar-refractivity contribution in [3.63, 3.8) is 0 Å². The zero-order valence-corrected chi connectivity index (χ0v) is 21.1. The third kappa shape index (κ3) is 4.45. The van der Waals surface area contributed by atoms with Gasteiger partial charge < -0.3 is 14.6 Å². The van der Waals surface area contributed by atoms with Crippen LogP contribution < -0.4 is 19.4 Å². The average Bonchev–Trinajstić information content (AvgIpc) is 3.44. The number of carboxylic acids is 1. The summed E-state index contributed by atoms with van der Waals surface area (Å²) < 4.78 is 11.7. The van der Waals surface area contributed by atoms with Crippen molar-refractivity contribution >= 4 is 29.2 Å². The van der Waals surface area contributed by atoms with Crippen LogP contribution in [0.3, 0.4) is 0 Å². The fraction of sp³-hybridized carbons (Fsp3) is 0.276. The largest absolute Gasteiger partial charge is 0.490 e. The fourth-order valence-corrected chi connectivity index (χ4v) is 4.87. The van der Waals surface area contributed by atoms with Gasteiger partial charge in [-0.15, -0.1) is 0 Å². The van der Waals surface area contributed by atoms with Crippen molar-refractivity contribution in [2.24, 2.45) is 5.92 Å². The maximum absolute atomic E-state index is 13.8. The van der Waals surface area contributed by atoms with Crippen LogP contribution in [0.1, 0.15) is 42.2 Å². The van der Waals surface area contributed by atoms with Crippen molar-refractivity contribution in [3.05, 3.63) is 83.9 Å². The Bertz CT molecular complexity index is 1340. The molecule has 0 bridgehead atoms. The molecule has 2 amide bonds. The van der Waals surface area contributed by atoms with E-state index < -0.39 is 35.8 Å². The molecular formula is C29H28N2O7. The van der Waals surface area contributed by atoms with Crippen LogP contribution in [0, 0.1) is 5.92 Å². The van der Waals surface area contributed by atoms with Gasteiger partial charge in [0.1, 0.15) is 5.92 Å². The summed E-state index contributed by atoms with van der Waals surface area (Å²) in [5.74, 6) is -1.69. The molecule has 2 saturated heterocycles. The number of nitrogens with zero attached hydrogens (tertiary/aromatic N) is 2. The molecule has 196 valence electrons. The highest BCUT2D eigenvalue weighted by atomic mass is 16.7. The van der Waals surface area contributed by atoms with Gasteiger partial charge in [-0.25, -0.2) is 14.8 Å². The minimum Gasteiger partial charge on any atom is -0.490 e. The Hall–Kier alpha value is -4.37. The third-order valence-electron chi connectivity index (χ3n) is 6.57. The van der Waals surface area contributed by atoms with E-state index in [0.29, 0.717) is 36.1 Å². The normalized spacial score (nSPS) is 20.5. The summed E-state index contributed by atoms with van der Waals surface area (Å²) in [5.41, 5.74) is 1.80. The molecule has 2 heterocycles. The summed E-state index contributed by atoms with van der Waals surface area (Å²) in [7, 11) is 0. The second-order valence-electron chi connectivity index (χ2n) is 9.01. The molecule has 9 nitrogen and oxygen atoms in total. The molecule has 5 rings (SSSR count). The van der Waals surface area contributed by atoms with Gasteiger partial charge in [0.15, 0.2) is 17.6 Å². The zero-order chi connectivity index (χ0) is 26.8. The molecular weight excluding hydrogens is 488 g/mol. The summed E-state index contributed by atoms with van der Waals surface area (Å²) in [6.07, 6.45) is -0.201. The van der Waals surface area contributed by atoms with Crippen molar-refractivity contribution < 1.29 is 33.8 Å². The first-order chi connectivity index (χ1) is 18.4. The molecule has 3 aromatic rings. The van der Waals surface area contributed by atoms with Gasteiger partial charge in [-0.1, -0.05) is 31.2 Å². The SMILES string of the molecule is CCCOc1ccc(C2C3C(=O)N(c4ccc(C(=O)O)cc4)C(=O)C3ON2c2ccccc2)cc1OCC. The monoisotopic (exact) mass is 516 g/mol. The number of para-hydroxylation sites is 1. The first-order valence-corrected chi connectivity index (χ1v) is 12.6. The van der Waals surface area contributed by atoms with E-state index in [1.165, 1.54) is 24.3 Å². The first-order valence-electron chi connectivity index (χ1n) is 12.6. The van der Waals surface area contributed by atoms with Gasteiger partial charge >= 0.3 is 5.97 Å². The lowest BCUT2D eigenvalue weighted by Crippen LogP contribution is -2.37. The molecule has 0 aromatic heterocycles. The number of hydrogen-bond acceptors (Lipinski definition) is 7. The van der Waals surface area contributed by atoms with Crippen molar-refractivity contribution in [3.8, 4) is 11.5 Å². The maximum atomic E-state index is 13.8. The number of hydroxylamine groups is 1. The Labute approximate surface area is 220 Å². The number of benzene rings is 3. The molecule has 2 aliphatic heterocycles. The molecule has 0 saturated carbocycles. The molecule has 2 fully saturated rings. The lowest BCUT2D eigenvalue weighted by Gasteiger charge is -2.29. The molecule has 0 radical (unpaired) electrons. The Morgan fingerprint density at radius 3 is 2.29 bits per heavy atom. The van der Waals surface area contributed by atoms with Crippen LogP contribution >= 0.6 is 0 Å². The number of carboxylic acid groups (broad SMARTS) is 1. The highest BCUT2D eigenvalue weighted by molar-refractivity contribution is 6.24. The Morgan fingerprint density at radius 2 is 1.63 bits per heavy atom. The summed E-state index contributed by atoms with van der Waals surface area (Å²) in [6.45, 7) is 4.87. The molecule has 0 spiro atoms. The number of amides is 2. The predicted octanol–water partition coefficient (Wildman–Crippen LogP) is 4.62. The Morgan fingerprint density at radius 1 is 0.895 bits per heavy atom. The highest BCUT2D eigenvalue weighted by Crippen LogP contribution is 2.48. The van der Waals surface area contributed by atoms with Gasteiger partial charge in [0.25, 0.3) is 5.91 Å². The van der Waals surface area contributed by atoms with E-state index in [1.807, 2.05) is 62.4 Å². The topological polar surface area (TPSA) is 106 Å². The number of ether oxygens (including phenoxy) is 2. The molecule has 1 N–H and O–H groups in total. The predicted molar refractivity (Wildman–Crippen MR) is 139 cm³/mol. The molecule has 0 aliphatic carbocycles. The molecule has 3 atom stereocenters. The van der Waals surface area contributed by atoms with Gasteiger partial charge in [0.2, 0.25) is 5.91 Å². The average molecular weight is 517 g/mol. The standard InChI is InChI=1S/C29H28N2O7/c1-3-16-37-22-15-12-19(17-23(22)36-4-2)25-24-26(38-31(25)21-8-6-5-7-9-21)28(33)30(27(24)32)20-13-10-18(11-14-20)29(34)35/h5-15,17,24-26H,3-4,16H2,1-2H3,(H,34,35). The quantitative estimate of drug-likeness (QED) is 0.411. The van der Waals surface area contributed by atoms with E-state index in [1.54, 1.807) is 5.06 Å². The molecule has 38 heavy (non-hydrogen) atoms. The van der Waals surface area contributed by atoms with Crippen LogP contribution in [0.15, 0.2) is 72.8 Å². The van der Waals surface area contributed by atoms with E-state index >= 15 is 0 Å². The smallest absolute Gasteiger partial charge is 0.335 e. The zero-order valence-electron chi connectivity index (χ0n) is 21.1. The summed E-state index contributed by atoms with van der Waals surface area (Å²) in [4.78, 5) is 45.9. The second kappa shape index (κ2) is 10.5. The number of hydrogen-bond donors (Lipinski definition) is 1. The van der Waals surface area contributed by atoms with E-state index in [9.17, 15) is 19.5 Å². The van der Waals surface area contributed by atoms with Crippen LogP contribution in [0.2, 0.25) is 0 Å². The minimum absolute atomic E-state index is 0.0613. The lowest BCUT2D eigenvalue weighted by molar-refractivity contribution is -0.126. The van der Waals surface area contributed by atoms with Crippen molar-refractivity contribution in [2.45, 2.75) is 32.4 Å². The summed E-state index contributed by atoms with van der Waals surface area (Å²) in [5, 5.41) is 10.8. The van der Waals surface area contributed by atoms with Crippen LogP contribution in [0.25, 0.3) is 0 Å². The second-order valence-corrected chi connectivity index (χ2v) is 9.01. The fourth-order valence-electron chi connectivity index (χ4n) is 4.87. The number of aromatic carboxylic acids is 1. The Balaban J connectivity index is 1.55. The number of anilines is 2. The maximum Gasteiger partial charge on any atom is 0.335 e. The van der Waals surface area contributed by atoms with Crippen molar-refractivity contribution in [2.75, 3.05) is 23.2 Å². The number of fused-ring (bicyclic) bond motifs is 1. The number of carbonyl (C=O) groups excluding carboxylic acids is 2. The molecule has 9 heteroatoms. The van der Waals surface area contributed by atoms with E-state index in [2.05, 4.69) is 0 Å². The Kier molecular flexibility index (Phi) is 7.02. The van der Waals surface area contributed by atoms with Crippen LogP contribution in [-0.4, -0.2) is 42.2 Å². The summed E-state index contributed by atoms with van der Waals surface area (Å²) >= 11 is 0. The van der Waals surface area contributed by atoms with Crippen molar-refractivity contribution in [1.82, 2.24) is 0 Å². The van der Waals surface area contributed by atoms with Gasteiger partial charge in [-0.2, -0.15) is 0 Å². The van der Waals surface area contributed by atoms with Gasteiger partial charge in [0, 0.05) is 0 Å². The van der Waals surface area contributed by atoms with Gasteiger partial charge in [-0.3, -0.25) is 14.4 Å². The van der Waals surface area contributed by atoms with Crippen molar-refractivity contribution in [1.29, 1.82) is 0 Å². The minimum atomic E-state index is -1.09. The third-order valence-corrected chi connectivity index (χ3v) is 6.57. The number of rotatable bonds is 9. The molecule has 2 aliphatic rings. The number of imide groups is 1. The van der Waals surface area contributed by atoms with Crippen LogP contribution in [-0.2, 0) is 14.4 Å². The lowest BCUT2D eigenvalue weighted by atomic mass is 9.90. The molecule has 3 unspecified atom stereocenters. The van der Waals surface area contributed by atoms with Gasteiger partial charge in [0.05, 0.1) is 36.2 Å². The first kappa shape index (κ1) is 25.3. The van der Waals surface area contributed by atoms with E-state index in [0.717, 1.165) is 16.9 Å². The van der Waals surface area contributed by atoms with E-state index in [4.69, 9.17) is 14.3 Å². The van der Waals surface area contributed by atoms with E-state index in [-0.39, 0.29) is 5.56 Å².